The Balaban J connectivity index is 2.15. The van der Waals surface area contributed by atoms with Gasteiger partial charge < -0.3 is 11.1 Å². The number of nitrogens with zero attached hydrogens (tertiary/aromatic N) is 2. The number of anilines is 1. The Morgan fingerprint density at radius 2 is 2.32 bits per heavy atom. The number of rotatable bonds is 3. The molecule has 0 saturated heterocycles. The molecule has 6 heteroatoms. The number of benzene rings is 1. The number of hydrogen-bond acceptors (Lipinski definition) is 5. The van der Waals surface area contributed by atoms with Gasteiger partial charge in [-0.05, 0) is 32.0 Å². The number of nitrogen functional groups attached to an aromatic ring is 1. The first-order chi connectivity index (χ1) is 8.91. The van der Waals surface area contributed by atoms with E-state index >= 15 is 0 Å². The predicted molar refractivity (Wildman–Crippen MR) is 75.8 cm³/mol. The molecule has 0 aliphatic carbocycles. The Morgan fingerprint density at radius 1 is 1.58 bits per heavy atom. The standard InChI is InChI=1S/C13H14N4OS/c1-13(2,6-14)7-16-11(18)8-3-4-9-10(5-8)19-12(15)17-9/h3-5H,7H2,1-2H3,(H2,15,17)(H,16,18). The highest BCUT2D eigenvalue weighted by atomic mass is 32.1. The van der Waals surface area contributed by atoms with E-state index in [-0.39, 0.29) is 5.91 Å². The Labute approximate surface area is 115 Å². The third-order valence-electron chi connectivity index (χ3n) is 2.66. The number of fused-ring (bicyclic) bond motifs is 1. The predicted octanol–water partition coefficient (Wildman–Crippen LogP) is 2.16. The summed E-state index contributed by atoms with van der Waals surface area (Å²) in [5.74, 6) is -0.197. The molecular weight excluding hydrogens is 260 g/mol. The average molecular weight is 274 g/mol. The van der Waals surface area contributed by atoms with Crippen LogP contribution >= 0.6 is 11.3 Å². The summed E-state index contributed by atoms with van der Waals surface area (Å²) in [6.07, 6.45) is 0. The third-order valence-corrected chi connectivity index (χ3v) is 3.51. The fourth-order valence-electron chi connectivity index (χ4n) is 1.53. The number of carbonyl (C=O) groups excluding carboxylic acids is 1. The molecule has 0 aliphatic rings. The van der Waals surface area contributed by atoms with Gasteiger partial charge in [0.05, 0.1) is 21.7 Å². The summed E-state index contributed by atoms with van der Waals surface area (Å²) < 4.78 is 0.879. The summed E-state index contributed by atoms with van der Waals surface area (Å²) in [5, 5.41) is 12.1. The molecule has 19 heavy (non-hydrogen) atoms. The second-order valence-corrected chi connectivity index (χ2v) is 5.98. The van der Waals surface area contributed by atoms with Crippen molar-refractivity contribution in [2.45, 2.75) is 13.8 Å². The fraction of sp³-hybridized carbons (Fsp3) is 0.308. The molecule has 3 N–H and O–H groups in total. The van der Waals surface area contributed by atoms with Crippen LogP contribution in [0.5, 0.6) is 0 Å². The third kappa shape index (κ3) is 3.01. The van der Waals surface area contributed by atoms with Crippen LogP contribution < -0.4 is 11.1 Å². The average Bonchev–Trinajstić information content (AvgIpc) is 2.75. The minimum atomic E-state index is -0.575. The maximum Gasteiger partial charge on any atom is 0.251 e. The summed E-state index contributed by atoms with van der Waals surface area (Å²) in [6.45, 7) is 3.87. The van der Waals surface area contributed by atoms with Gasteiger partial charge in [-0.1, -0.05) is 11.3 Å². The topological polar surface area (TPSA) is 91.8 Å². The van der Waals surface area contributed by atoms with Crippen molar-refractivity contribution in [3.05, 3.63) is 23.8 Å². The van der Waals surface area contributed by atoms with Gasteiger partial charge >= 0.3 is 0 Å². The Kier molecular flexibility index (Phi) is 3.40. The highest BCUT2D eigenvalue weighted by molar-refractivity contribution is 7.22. The van der Waals surface area contributed by atoms with Crippen LogP contribution in [0.4, 0.5) is 5.13 Å². The highest BCUT2D eigenvalue weighted by Gasteiger charge is 2.18. The van der Waals surface area contributed by atoms with E-state index in [1.165, 1.54) is 11.3 Å². The molecule has 98 valence electrons. The van der Waals surface area contributed by atoms with E-state index in [0.717, 1.165) is 10.2 Å². The lowest BCUT2D eigenvalue weighted by Crippen LogP contribution is -2.33. The van der Waals surface area contributed by atoms with Gasteiger partial charge in [0.1, 0.15) is 0 Å². The van der Waals surface area contributed by atoms with E-state index < -0.39 is 5.41 Å². The molecule has 0 atom stereocenters. The summed E-state index contributed by atoms with van der Waals surface area (Å²) >= 11 is 1.35. The first-order valence-corrected chi connectivity index (χ1v) is 6.58. The molecule has 1 heterocycles. The summed E-state index contributed by atoms with van der Waals surface area (Å²) in [5.41, 5.74) is 6.38. The van der Waals surface area contributed by atoms with Gasteiger partial charge in [0.2, 0.25) is 0 Å². The van der Waals surface area contributed by atoms with Crippen molar-refractivity contribution in [1.29, 1.82) is 5.26 Å². The van der Waals surface area contributed by atoms with Gasteiger partial charge in [-0.15, -0.1) is 0 Å². The molecule has 0 saturated carbocycles. The smallest absolute Gasteiger partial charge is 0.251 e. The highest BCUT2D eigenvalue weighted by Crippen LogP contribution is 2.24. The summed E-state index contributed by atoms with van der Waals surface area (Å²) in [7, 11) is 0. The van der Waals surface area contributed by atoms with Crippen molar-refractivity contribution in [3.8, 4) is 6.07 Å². The van der Waals surface area contributed by atoms with Crippen LogP contribution in [0, 0.1) is 16.7 Å². The van der Waals surface area contributed by atoms with Gasteiger partial charge in [0.15, 0.2) is 5.13 Å². The number of hydrogen-bond donors (Lipinski definition) is 2. The molecule has 0 aliphatic heterocycles. The molecular formula is C13H14N4OS. The minimum absolute atomic E-state index is 0.197. The monoisotopic (exact) mass is 274 g/mol. The maximum absolute atomic E-state index is 12.0. The number of nitriles is 1. The van der Waals surface area contributed by atoms with Gasteiger partial charge in [-0.25, -0.2) is 4.98 Å². The molecule has 1 aromatic carbocycles. The van der Waals surface area contributed by atoms with Crippen molar-refractivity contribution in [3.63, 3.8) is 0 Å². The molecule has 0 spiro atoms. The normalized spacial score (nSPS) is 11.2. The number of thiazole rings is 1. The first kappa shape index (κ1) is 13.3. The molecule has 1 aromatic heterocycles. The molecule has 2 aromatic rings. The van der Waals surface area contributed by atoms with Crippen LogP contribution in [0.2, 0.25) is 0 Å². The zero-order valence-corrected chi connectivity index (χ0v) is 11.5. The van der Waals surface area contributed by atoms with Crippen molar-refractivity contribution in [2.24, 2.45) is 5.41 Å². The van der Waals surface area contributed by atoms with E-state index in [1.54, 1.807) is 32.0 Å². The van der Waals surface area contributed by atoms with Gasteiger partial charge in [0, 0.05) is 12.1 Å². The van der Waals surface area contributed by atoms with E-state index in [9.17, 15) is 4.79 Å². The fourth-order valence-corrected chi connectivity index (χ4v) is 2.30. The van der Waals surface area contributed by atoms with Crippen LogP contribution in [0.15, 0.2) is 18.2 Å². The number of nitrogens with two attached hydrogens (primary N) is 1. The quantitative estimate of drug-likeness (QED) is 0.897. The van der Waals surface area contributed by atoms with E-state index in [0.29, 0.717) is 17.2 Å². The molecule has 0 unspecified atom stereocenters. The zero-order valence-electron chi connectivity index (χ0n) is 10.7. The van der Waals surface area contributed by atoms with E-state index in [2.05, 4.69) is 16.4 Å². The van der Waals surface area contributed by atoms with E-state index in [1.807, 2.05) is 0 Å². The molecule has 0 bridgehead atoms. The van der Waals surface area contributed by atoms with Crippen LogP contribution in [0.3, 0.4) is 0 Å². The van der Waals surface area contributed by atoms with Crippen molar-refractivity contribution in [2.75, 3.05) is 12.3 Å². The first-order valence-electron chi connectivity index (χ1n) is 5.77. The van der Waals surface area contributed by atoms with Crippen LogP contribution in [-0.2, 0) is 0 Å². The van der Waals surface area contributed by atoms with Gasteiger partial charge in [-0.2, -0.15) is 5.26 Å². The Bertz CT molecular complexity index is 669. The molecule has 5 nitrogen and oxygen atoms in total. The van der Waals surface area contributed by atoms with Crippen molar-refractivity contribution < 1.29 is 4.79 Å². The molecule has 0 fully saturated rings. The Morgan fingerprint density at radius 3 is 3.00 bits per heavy atom. The molecule has 1 amide bonds. The number of aromatic nitrogens is 1. The van der Waals surface area contributed by atoms with Gasteiger partial charge in [-0.3, -0.25) is 4.79 Å². The second-order valence-electron chi connectivity index (χ2n) is 4.91. The Hall–Kier alpha value is -2.13. The van der Waals surface area contributed by atoms with Crippen LogP contribution in [0.25, 0.3) is 10.2 Å². The lowest BCUT2D eigenvalue weighted by Gasteiger charge is -2.15. The molecule has 0 radical (unpaired) electrons. The SMILES string of the molecule is CC(C)(C#N)CNC(=O)c1ccc2nc(N)sc2c1. The summed E-state index contributed by atoms with van der Waals surface area (Å²) in [6, 6.07) is 7.38. The molecule has 2 rings (SSSR count). The van der Waals surface area contributed by atoms with E-state index in [4.69, 9.17) is 11.0 Å². The lowest BCUT2D eigenvalue weighted by molar-refractivity contribution is 0.0944. The number of amides is 1. The van der Waals surface area contributed by atoms with Crippen LogP contribution in [0.1, 0.15) is 24.2 Å². The van der Waals surface area contributed by atoms with Gasteiger partial charge in [0.25, 0.3) is 5.91 Å². The number of nitrogens with one attached hydrogen (secondary N) is 1. The zero-order chi connectivity index (χ0) is 14.0. The van der Waals surface area contributed by atoms with Crippen molar-refractivity contribution >= 4 is 32.6 Å². The summed E-state index contributed by atoms with van der Waals surface area (Å²) in [4.78, 5) is 16.1. The van der Waals surface area contributed by atoms with Crippen LogP contribution in [-0.4, -0.2) is 17.4 Å². The second kappa shape index (κ2) is 4.86. The minimum Gasteiger partial charge on any atom is -0.375 e. The lowest BCUT2D eigenvalue weighted by atomic mass is 9.96. The number of carbonyl (C=O) groups is 1. The maximum atomic E-state index is 12.0. The largest absolute Gasteiger partial charge is 0.375 e. The van der Waals surface area contributed by atoms with Crippen molar-refractivity contribution in [1.82, 2.24) is 10.3 Å².